The number of anilines is 1. The fourth-order valence-electron chi connectivity index (χ4n) is 3.97. The maximum Gasteiger partial charge on any atom is 0.283 e. The van der Waals surface area contributed by atoms with E-state index in [0.29, 0.717) is 27.0 Å². The zero-order valence-corrected chi connectivity index (χ0v) is 20.2. The number of nitrogens with one attached hydrogen (secondary N) is 2. The van der Waals surface area contributed by atoms with Gasteiger partial charge in [-0.05, 0) is 37.3 Å². The minimum absolute atomic E-state index is 0.0854. The van der Waals surface area contributed by atoms with Crippen molar-refractivity contribution >= 4 is 66.3 Å². The van der Waals surface area contributed by atoms with E-state index in [1.807, 2.05) is 79.7 Å². The van der Waals surface area contributed by atoms with Gasteiger partial charge in [0.05, 0.1) is 21.7 Å². The summed E-state index contributed by atoms with van der Waals surface area (Å²) in [6.07, 6.45) is 0. The van der Waals surface area contributed by atoms with Crippen molar-refractivity contribution in [2.75, 3.05) is 11.1 Å². The van der Waals surface area contributed by atoms with Crippen molar-refractivity contribution in [2.45, 2.75) is 12.1 Å². The highest BCUT2D eigenvalue weighted by Gasteiger charge is 2.18. The summed E-state index contributed by atoms with van der Waals surface area (Å²) in [5.74, 6) is -0.125. The molecular weight excluding hydrogens is 478 g/mol. The van der Waals surface area contributed by atoms with E-state index in [-0.39, 0.29) is 17.2 Å². The summed E-state index contributed by atoms with van der Waals surface area (Å²) in [5, 5.41) is 4.75. The van der Waals surface area contributed by atoms with Gasteiger partial charge in [-0.25, -0.2) is 9.97 Å². The van der Waals surface area contributed by atoms with Gasteiger partial charge in [-0.15, -0.1) is 0 Å². The number of aryl methyl sites for hydroxylation is 1. The third-order valence-corrected chi connectivity index (χ3v) is 7.55. The number of hydrogen-bond acceptors (Lipinski definition) is 6. The Morgan fingerprint density at radius 1 is 1.03 bits per heavy atom. The first-order valence-corrected chi connectivity index (χ1v) is 12.8. The van der Waals surface area contributed by atoms with Crippen LogP contribution in [0.3, 0.4) is 0 Å². The number of amides is 1. The molecule has 0 fully saturated rings. The molecule has 0 atom stereocenters. The second-order valence-corrected chi connectivity index (χ2v) is 10.1. The summed E-state index contributed by atoms with van der Waals surface area (Å²) in [7, 11) is 0. The lowest BCUT2D eigenvalue weighted by Gasteiger charge is -2.12. The van der Waals surface area contributed by atoms with Crippen LogP contribution in [0.2, 0.25) is 0 Å². The minimum Gasteiger partial charge on any atom is -0.349 e. The summed E-state index contributed by atoms with van der Waals surface area (Å²) in [5.41, 5.74) is 4.31. The normalized spacial score (nSPS) is 11.5. The molecule has 3 heterocycles. The summed E-state index contributed by atoms with van der Waals surface area (Å²) in [4.78, 5) is 38.9. The molecule has 0 radical (unpaired) electrons. The molecule has 0 saturated heterocycles. The molecule has 7 nitrogen and oxygen atoms in total. The van der Waals surface area contributed by atoms with E-state index >= 15 is 0 Å². The second kappa shape index (κ2) is 8.68. The number of thioether (sulfide) groups is 1. The standard InChI is InChI=1S/C26H19N5O2S2/c1-15-10-12-16(13-11-15)31-24(33)23-22(17-6-2-3-7-18(17)27-23)30-26(31)34-14-21(32)29-25-28-19-8-4-5-9-20(19)35-25/h2-13,27H,14H2,1H3,(H,28,29,32). The molecule has 3 aromatic heterocycles. The lowest BCUT2D eigenvalue weighted by atomic mass is 10.2. The first-order valence-electron chi connectivity index (χ1n) is 11.0. The highest BCUT2D eigenvalue weighted by Crippen LogP contribution is 2.28. The van der Waals surface area contributed by atoms with Crippen LogP contribution >= 0.6 is 23.1 Å². The molecule has 172 valence electrons. The SMILES string of the molecule is Cc1ccc(-n2c(SCC(=O)Nc3nc4ccccc4s3)nc3c([nH]c4ccccc43)c2=O)cc1. The van der Waals surface area contributed by atoms with E-state index in [1.165, 1.54) is 23.1 Å². The maximum atomic E-state index is 13.6. The number of thiazole rings is 1. The number of rotatable bonds is 5. The molecule has 6 rings (SSSR count). The van der Waals surface area contributed by atoms with E-state index < -0.39 is 0 Å². The molecular formula is C26H19N5O2S2. The van der Waals surface area contributed by atoms with Crippen LogP contribution in [0.25, 0.3) is 37.8 Å². The van der Waals surface area contributed by atoms with Gasteiger partial charge in [0.2, 0.25) is 5.91 Å². The van der Waals surface area contributed by atoms with Gasteiger partial charge in [0.25, 0.3) is 5.56 Å². The Kier molecular flexibility index (Phi) is 5.35. The molecule has 2 N–H and O–H groups in total. The largest absolute Gasteiger partial charge is 0.349 e. The fourth-order valence-corrected chi connectivity index (χ4v) is 5.66. The first-order chi connectivity index (χ1) is 17.1. The Morgan fingerprint density at radius 2 is 1.80 bits per heavy atom. The molecule has 35 heavy (non-hydrogen) atoms. The van der Waals surface area contributed by atoms with Crippen molar-refractivity contribution in [2.24, 2.45) is 0 Å². The zero-order valence-electron chi connectivity index (χ0n) is 18.6. The van der Waals surface area contributed by atoms with Gasteiger partial charge in [0.1, 0.15) is 11.0 Å². The number of H-pyrrole nitrogens is 1. The maximum absolute atomic E-state index is 13.6. The lowest BCUT2D eigenvalue weighted by molar-refractivity contribution is -0.113. The topological polar surface area (TPSA) is 92.7 Å². The number of carbonyl (C=O) groups excluding carboxylic acids is 1. The number of aromatic amines is 1. The van der Waals surface area contributed by atoms with Crippen LogP contribution in [0.1, 0.15) is 5.56 Å². The average molecular weight is 498 g/mol. The van der Waals surface area contributed by atoms with Crippen molar-refractivity contribution < 1.29 is 4.79 Å². The van der Waals surface area contributed by atoms with Gasteiger partial charge in [-0.1, -0.05) is 71.1 Å². The molecule has 0 aliphatic carbocycles. The number of aromatic nitrogens is 4. The molecule has 6 aromatic rings. The zero-order chi connectivity index (χ0) is 23.9. The number of fused-ring (bicyclic) bond motifs is 4. The molecule has 9 heteroatoms. The molecule has 3 aromatic carbocycles. The van der Waals surface area contributed by atoms with Crippen LogP contribution in [0, 0.1) is 6.92 Å². The van der Waals surface area contributed by atoms with Crippen LogP contribution in [-0.2, 0) is 4.79 Å². The number of para-hydroxylation sites is 2. The molecule has 0 aliphatic heterocycles. The van der Waals surface area contributed by atoms with Gasteiger partial charge in [-0.3, -0.25) is 14.2 Å². The van der Waals surface area contributed by atoms with E-state index in [4.69, 9.17) is 4.98 Å². The first kappa shape index (κ1) is 21.6. The van der Waals surface area contributed by atoms with Crippen LogP contribution in [0.5, 0.6) is 0 Å². The Balaban J connectivity index is 1.37. The number of benzene rings is 3. The Morgan fingerprint density at radius 3 is 2.63 bits per heavy atom. The number of hydrogen-bond donors (Lipinski definition) is 2. The predicted molar refractivity (Wildman–Crippen MR) is 143 cm³/mol. The van der Waals surface area contributed by atoms with Crippen molar-refractivity contribution in [3.8, 4) is 5.69 Å². The van der Waals surface area contributed by atoms with Gasteiger partial charge >= 0.3 is 0 Å². The molecule has 0 aliphatic rings. The Bertz CT molecular complexity index is 1750. The molecule has 0 bridgehead atoms. The monoisotopic (exact) mass is 497 g/mol. The Hall–Kier alpha value is -3.95. The third kappa shape index (κ3) is 3.98. The van der Waals surface area contributed by atoms with Crippen molar-refractivity contribution in [3.05, 3.63) is 88.7 Å². The lowest BCUT2D eigenvalue weighted by Crippen LogP contribution is -2.23. The van der Waals surface area contributed by atoms with Crippen molar-refractivity contribution in [1.82, 2.24) is 19.5 Å². The van der Waals surface area contributed by atoms with Gasteiger partial charge in [0.15, 0.2) is 10.3 Å². The smallest absolute Gasteiger partial charge is 0.283 e. The van der Waals surface area contributed by atoms with E-state index in [2.05, 4.69) is 15.3 Å². The second-order valence-electron chi connectivity index (χ2n) is 8.09. The summed E-state index contributed by atoms with van der Waals surface area (Å²) in [6, 6.07) is 23.1. The minimum atomic E-state index is -0.210. The van der Waals surface area contributed by atoms with E-state index in [9.17, 15) is 9.59 Å². The average Bonchev–Trinajstić information content (AvgIpc) is 3.44. The third-order valence-electron chi connectivity index (χ3n) is 5.66. The van der Waals surface area contributed by atoms with E-state index in [0.717, 1.165) is 26.7 Å². The van der Waals surface area contributed by atoms with Crippen molar-refractivity contribution in [3.63, 3.8) is 0 Å². The molecule has 0 spiro atoms. The summed E-state index contributed by atoms with van der Waals surface area (Å²) >= 11 is 2.65. The molecule has 1 amide bonds. The molecule has 0 unspecified atom stereocenters. The predicted octanol–water partition coefficient (Wildman–Crippen LogP) is 5.52. The summed E-state index contributed by atoms with van der Waals surface area (Å²) in [6.45, 7) is 1.99. The van der Waals surface area contributed by atoms with Gasteiger partial charge in [0, 0.05) is 10.9 Å². The van der Waals surface area contributed by atoms with Crippen LogP contribution < -0.4 is 10.9 Å². The fraction of sp³-hybridized carbons (Fsp3) is 0.0769. The Labute approximate surface area is 207 Å². The van der Waals surface area contributed by atoms with Crippen LogP contribution in [0.4, 0.5) is 5.13 Å². The van der Waals surface area contributed by atoms with Crippen LogP contribution in [-0.4, -0.2) is 31.2 Å². The number of nitrogens with zero attached hydrogens (tertiary/aromatic N) is 3. The number of carbonyl (C=O) groups is 1. The van der Waals surface area contributed by atoms with Gasteiger partial charge in [-0.2, -0.15) is 0 Å². The highest BCUT2D eigenvalue weighted by atomic mass is 32.2. The van der Waals surface area contributed by atoms with Crippen molar-refractivity contribution in [1.29, 1.82) is 0 Å². The quantitative estimate of drug-likeness (QED) is 0.242. The van der Waals surface area contributed by atoms with E-state index in [1.54, 1.807) is 4.57 Å². The molecule has 0 saturated carbocycles. The summed E-state index contributed by atoms with van der Waals surface area (Å²) < 4.78 is 2.57. The highest BCUT2D eigenvalue weighted by molar-refractivity contribution is 7.99. The van der Waals surface area contributed by atoms with Gasteiger partial charge < -0.3 is 10.3 Å². The van der Waals surface area contributed by atoms with Crippen LogP contribution in [0.15, 0.2) is 82.7 Å².